The van der Waals surface area contributed by atoms with Crippen molar-refractivity contribution >= 4 is 62.4 Å². The molecule has 0 radical (unpaired) electrons. The minimum absolute atomic E-state index is 0. The molecule has 0 spiro atoms. The van der Waals surface area contributed by atoms with Crippen molar-refractivity contribution in [3.05, 3.63) is 52.0 Å². The van der Waals surface area contributed by atoms with E-state index in [-0.39, 0.29) is 47.3 Å². The third-order valence-corrected chi connectivity index (χ3v) is 4.36. The summed E-state index contributed by atoms with van der Waals surface area (Å²) < 4.78 is 23.6. The van der Waals surface area contributed by atoms with Gasteiger partial charge in [0.2, 0.25) is 22.4 Å². The number of sulfonamides is 1. The predicted molar refractivity (Wildman–Crippen MR) is 103 cm³/mol. The van der Waals surface area contributed by atoms with Crippen LogP contribution in [0.3, 0.4) is 0 Å². The van der Waals surface area contributed by atoms with E-state index in [9.17, 15) is 18.0 Å². The highest BCUT2D eigenvalue weighted by atomic mass is 79.9. The highest BCUT2D eigenvalue weighted by Crippen LogP contribution is 2.09. The first-order chi connectivity index (χ1) is 10.8. The van der Waals surface area contributed by atoms with Crippen molar-refractivity contribution in [3.63, 3.8) is 0 Å². The van der Waals surface area contributed by atoms with Gasteiger partial charge in [0.15, 0.2) is 11.9 Å². The Labute approximate surface area is 166 Å². The molecule has 2 heterocycles. The van der Waals surface area contributed by atoms with Crippen LogP contribution in [0.1, 0.15) is 25.7 Å². The van der Waals surface area contributed by atoms with Gasteiger partial charge in [0.25, 0.3) is 5.91 Å². The summed E-state index contributed by atoms with van der Waals surface area (Å²) in [7, 11) is -3.54. The minimum atomic E-state index is -3.54. The molecule has 1 amide bonds. The monoisotopic (exact) mass is 470 g/mol. The number of rotatable bonds is 6. The number of nitrogens with zero attached hydrogens (tertiary/aromatic N) is 1. The Morgan fingerprint density at radius 1 is 1.24 bits per heavy atom. The molecular formula is C14H18BrClN3O4S2+. The Kier molecular flexibility index (Phi) is 9.44. The predicted octanol–water partition coefficient (Wildman–Crippen LogP) is 1.42. The normalized spacial score (nSPS) is 10.3. The summed E-state index contributed by atoms with van der Waals surface area (Å²) >= 11 is 1.36. The zero-order chi connectivity index (χ0) is 17.0. The van der Waals surface area contributed by atoms with Gasteiger partial charge in [-0.2, -0.15) is 4.57 Å². The van der Waals surface area contributed by atoms with Crippen molar-refractivity contribution in [2.45, 2.75) is 13.5 Å². The minimum Gasteiger partial charge on any atom is -0.286 e. The number of halogens is 2. The van der Waals surface area contributed by atoms with E-state index in [1.807, 2.05) is 17.1 Å². The SMILES string of the molecule is Br.Cc1ccc(C(=O)NNS(C)(=O)=O)c[n+]1CC(=O)c1cccs1.Cl. The molecule has 2 N–H and O–H groups in total. The van der Waals surface area contributed by atoms with E-state index >= 15 is 0 Å². The molecule has 0 atom stereocenters. The molecule has 7 nitrogen and oxygen atoms in total. The Balaban J connectivity index is 0.00000288. The molecule has 0 aromatic carbocycles. The van der Waals surface area contributed by atoms with Crippen LogP contribution in [-0.2, 0) is 16.6 Å². The number of Topliss-reactive ketones (excluding diaryl/α,β-unsaturated/α-hetero) is 1. The summed E-state index contributed by atoms with van der Waals surface area (Å²) in [6.07, 6.45) is 2.45. The second-order valence-corrected chi connectivity index (χ2v) is 7.61. The van der Waals surface area contributed by atoms with Gasteiger partial charge in [0.1, 0.15) is 5.56 Å². The summed E-state index contributed by atoms with van der Waals surface area (Å²) in [5.74, 6) is -0.660. The largest absolute Gasteiger partial charge is 0.286 e. The number of hydrogen-bond acceptors (Lipinski definition) is 5. The quantitative estimate of drug-likeness (QED) is 0.378. The number of thiophene rings is 1. The fraction of sp³-hybridized carbons (Fsp3) is 0.214. The molecule has 0 bridgehead atoms. The highest BCUT2D eigenvalue weighted by Gasteiger charge is 2.18. The Morgan fingerprint density at radius 3 is 2.48 bits per heavy atom. The van der Waals surface area contributed by atoms with Crippen molar-refractivity contribution in [1.82, 2.24) is 10.3 Å². The van der Waals surface area contributed by atoms with E-state index in [1.165, 1.54) is 17.5 Å². The maximum Gasteiger partial charge on any atom is 0.272 e. The standard InChI is InChI=1S/C14H15N3O4S2.BrH.ClH/c1-10-5-6-11(14(19)15-16-23(2,20)21)8-17(10)9-12(18)13-4-3-7-22-13;;/h3-8,16H,9H2,1-2H3;2*1H/p+1. The number of carbonyl (C=O) groups excluding carboxylic acids is 2. The number of carbonyl (C=O) groups is 2. The van der Waals surface area contributed by atoms with Gasteiger partial charge in [0.05, 0.1) is 11.1 Å². The number of amides is 1. The third kappa shape index (κ3) is 7.20. The molecular weight excluding hydrogens is 454 g/mol. The number of aromatic nitrogens is 1. The maximum atomic E-state index is 12.2. The van der Waals surface area contributed by atoms with E-state index in [0.29, 0.717) is 4.88 Å². The average Bonchev–Trinajstić information content (AvgIpc) is 3.00. The molecule has 0 saturated heterocycles. The first-order valence-corrected chi connectivity index (χ1v) is 9.37. The van der Waals surface area contributed by atoms with E-state index < -0.39 is 15.9 Å². The average molecular weight is 472 g/mol. The molecule has 0 unspecified atom stereocenters. The van der Waals surface area contributed by atoms with E-state index in [4.69, 9.17) is 0 Å². The lowest BCUT2D eigenvalue weighted by Crippen LogP contribution is -2.44. The molecule has 0 fully saturated rings. The van der Waals surface area contributed by atoms with E-state index in [2.05, 4.69) is 5.43 Å². The van der Waals surface area contributed by atoms with Gasteiger partial charge in [-0.25, -0.2) is 8.42 Å². The summed E-state index contributed by atoms with van der Waals surface area (Å²) in [5.41, 5.74) is 3.14. The van der Waals surface area contributed by atoms with Gasteiger partial charge in [0, 0.05) is 13.0 Å². The first kappa shape index (κ1) is 23.7. The third-order valence-electron chi connectivity index (χ3n) is 2.97. The van der Waals surface area contributed by atoms with Crippen LogP contribution in [0.15, 0.2) is 35.8 Å². The molecule has 2 aromatic rings. The molecule has 0 aliphatic carbocycles. The zero-order valence-corrected chi connectivity index (χ0v) is 17.5. The van der Waals surface area contributed by atoms with Crippen LogP contribution in [0, 0.1) is 6.92 Å². The van der Waals surface area contributed by atoms with Gasteiger partial charge in [-0.1, -0.05) is 6.07 Å². The lowest BCUT2D eigenvalue weighted by atomic mass is 10.2. The highest BCUT2D eigenvalue weighted by molar-refractivity contribution is 8.93. The lowest BCUT2D eigenvalue weighted by molar-refractivity contribution is -0.689. The number of nitrogens with one attached hydrogen (secondary N) is 2. The first-order valence-electron chi connectivity index (χ1n) is 6.60. The lowest BCUT2D eigenvalue weighted by Gasteiger charge is -2.05. The molecule has 2 aromatic heterocycles. The maximum absolute atomic E-state index is 12.2. The van der Waals surface area contributed by atoms with Crippen LogP contribution in [0.5, 0.6) is 0 Å². The fourth-order valence-electron chi connectivity index (χ4n) is 1.80. The Hall–Kier alpha value is -1.33. The summed E-state index contributed by atoms with van der Waals surface area (Å²) in [6.45, 7) is 1.92. The van der Waals surface area contributed by atoms with Crippen LogP contribution in [-0.4, -0.2) is 26.4 Å². The number of hydrazine groups is 1. The summed E-state index contributed by atoms with van der Waals surface area (Å²) in [5, 5.41) is 1.82. The second-order valence-electron chi connectivity index (χ2n) is 4.92. The van der Waals surface area contributed by atoms with Gasteiger partial charge < -0.3 is 0 Å². The number of aryl methyl sites for hydroxylation is 1. The number of ketones is 1. The van der Waals surface area contributed by atoms with Crippen LogP contribution in [0.4, 0.5) is 0 Å². The van der Waals surface area contributed by atoms with E-state index in [1.54, 1.807) is 28.8 Å². The summed E-state index contributed by atoms with van der Waals surface area (Å²) in [6, 6.07) is 6.80. The fourth-order valence-corrected chi connectivity index (χ4v) is 2.74. The van der Waals surface area contributed by atoms with Crippen molar-refractivity contribution in [2.24, 2.45) is 0 Å². The number of hydrogen-bond donors (Lipinski definition) is 2. The van der Waals surface area contributed by atoms with Crippen LogP contribution in [0.2, 0.25) is 0 Å². The van der Waals surface area contributed by atoms with Crippen LogP contribution < -0.4 is 14.8 Å². The Bertz CT molecular complexity index is 842. The molecule has 2 rings (SSSR count). The molecule has 0 saturated carbocycles. The van der Waals surface area contributed by atoms with Gasteiger partial charge in [-0.3, -0.25) is 15.0 Å². The topological polar surface area (TPSA) is 96.2 Å². The van der Waals surface area contributed by atoms with E-state index in [0.717, 1.165) is 11.9 Å². The second kappa shape index (κ2) is 9.97. The smallest absolute Gasteiger partial charge is 0.272 e. The van der Waals surface area contributed by atoms with Crippen molar-refractivity contribution in [1.29, 1.82) is 0 Å². The molecule has 11 heteroatoms. The van der Waals surface area contributed by atoms with Gasteiger partial charge in [-0.05, 0) is 17.5 Å². The van der Waals surface area contributed by atoms with Crippen molar-refractivity contribution < 1.29 is 22.6 Å². The van der Waals surface area contributed by atoms with Crippen LogP contribution in [0.25, 0.3) is 0 Å². The Morgan fingerprint density at radius 2 is 1.92 bits per heavy atom. The molecule has 25 heavy (non-hydrogen) atoms. The zero-order valence-electron chi connectivity index (χ0n) is 13.4. The molecule has 0 aliphatic heterocycles. The molecule has 0 aliphatic rings. The van der Waals surface area contributed by atoms with Gasteiger partial charge >= 0.3 is 0 Å². The van der Waals surface area contributed by atoms with Crippen molar-refractivity contribution in [3.8, 4) is 0 Å². The van der Waals surface area contributed by atoms with Crippen LogP contribution >= 0.6 is 40.7 Å². The van der Waals surface area contributed by atoms with Gasteiger partial charge in [-0.15, -0.1) is 45.6 Å². The van der Waals surface area contributed by atoms with Crippen molar-refractivity contribution in [2.75, 3.05) is 6.26 Å². The molecule has 138 valence electrons. The summed E-state index contributed by atoms with van der Waals surface area (Å²) in [4.78, 5) is 26.7. The number of pyridine rings is 1.